The summed E-state index contributed by atoms with van der Waals surface area (Å²) >= 11 is 0. The molecule has 1 aliphatic carbocycles. The Hall–Kier alpha value is -2.24. The van der Waals surface area contributed by atoms with Crippen LogP contribution in [-0.4, -0.2) is 15.0 Å². The van der Waals surface area contributed by atoms with E-state index in [1.165, 1.54) is 16.7 Å². The highest BCUT2D eigenvalue weighted by atomic mass is 19.1. The van der Waals surface area contributed by atoms with Gasteiger partial charge < -0.3 is 11.1 Å². The number of anilines is 2. The third kappa shape index (κ3) is 3.41. The number of aromatic nitrogens is 3. The summed E-state index contributed by atoms with van der Waals surface area (Å²) in [5, 5.41) is 3.32. The van der Waals surface area contributed by atoms with E-state index in [-0.39, 0.29) is 17.8 Å². The number of hydrogen-bond acceptors (Lipinski definition) is 5. The van der Waals surface area contributed by atoms with Gasteiger partial charge in [0.05, 0.1) is 6.04 Å². The molecule has 1 unspecified atom stereocenters. The highest BCUT2D eigenvalue weighted by Crippen LogP contribution is 2.32. The van der Waals surface area contributed by atoms with Crippen molar-refractivity contribution >= 4 is 11.9 Å². The molecule has 0 aliphatic heterocycles. The molecule has 0 radical (unpaired) electrons. The van der Waals surface area contributed by atoms with E-state index in [2.05, 4.69) is 45.4 Å². The minimum Gasteiger partial charge on any atom is -0.368 e. The van der Waals surface area contributed by atoms with Crippen molar-refractivity contribution in [3.8, 4) is 0 Å². The lowest BCUT2D eigenvalue weighted by Crippen LogP contribution is -2.20. The molecule has 6 heteroatoms. The highest BCUT2D eigenvalue weighted by Gasteiger charge is 2.22. The van der Waals surface area contributed by atoms with E-state index >= 15 is 0 Å². The first-order valence-corrected chi connectivity index (χ1v) is 8.08. The topological polar surface area (TPSA) is 76.7 Å². The van der Waals surface area contributed by atoms with Crippen LogP contribution < -0.4 is 11.1 Å². The second kappa shape index (κ2) is 6.48. The number of halogens is 1. The van der Waals surface area contributed by atoms with E-state index in [4.69, 9.17) is 5.73 Å². The number of nitrogen functional groups attached to an aromatic ring is 1. The zero-order chi connectivity index (χ0) is 16.4. The number of fused-ring (bicyclic) bond motifs is 1. The third-order valence-corrected chi connectivity index (χ3v) is 4.23. The molecule has 1 aliphatic rings. The van der Waals surface area contributed by atoms with E-state index in [0.717, 1.165) is 19.3 Å². The van der Waals surface area contributed by atoms with Crippen LogP contribution in [0, 0.1) is 6.92 Å². The first-order valence-electron chi connectivity index (χ1n) is 8.08. The fourth-order valence-corrected chi connectivity index (χ4v) is 3.02. The van der Waals surface area contributed by atoms with Crippen molar-refractivity contribution in [3.63, 3.8) is 0 Å². The number of rotatable bonds is 4. The maximum atomic E-state index is 13.9. The van der Waals surface area contributed by atoms with Gasteiger partial charge in [0.25, 0.3) is 0 Å². The Kier molecular flexibility index (Phi) is 4.41. The molecule has 23 heavy (non-hydrogen) atoms. The standard InChI is InChI=1S/C17H22FN5/c1-3-13(18)15-21-16(19)23-17(22-15)20-14-6-4-5-11-8-7-10(2)9-12(11)14/h7-9,13-14H,3-6H2,1-2H3,(H3,19,20,21,22,23)/t13?,14-/m1/s1. The Balaban J connectivity index is 1.89. The first kappa shape index (κ1) is 15.6. The Bertz CT molecular complexity index is 703. The van der Waals surface area contributed by atoms with Gasteiger partial charge in [-0.15, -0.1) is 0 Å². The van der Waals surface area contributed by atoms with Gasteiger partial charge in [-0.05, 0) is 43.7 Å². The Labute approximate surface area is 135 Å². The summed E-state index contributed by atoms with van der Waals surface area (Å²) in [6.45, 7) is 3.83. The summed E-state index contributed by atoms with van der Waals surface area (Å²) in [5.41, 5.74) is 9.55. The lowest BCUT2D eigenvalue weighted by Gasteiger charge is -2.27. The fraction of sp³-hybridized carbons (Fsp3) is 0.471. The van der Waals surface area contributed by atoms with Crippen LogP contribution >= 0.6 is 0 Å². The second-order valence-electron chi connectivity index (χ2n) is 6.04. The lowest BCUT2D eigenvalue weighted by atomic mass is 9.87. The van der Waals surface area contributed by atoms with E-state index in [9.17, 15) is 4.39 Å². The van der Waals surface area contributed by atoms with Crippen molar-refractivity contribution in [2.24, 2.45) is 0 Å². The van der Waals surface area contributed by atoms with E-state index in [1.807, 2.05) is 0 Å². The fourth-order valence-electron chi connectivity index (χ4n) is 3.02. The summed E-state index contributed by atoms with van der Waals surface area (Å²) in [4.78, 5) is 12.2. The van der Waals surface area contributed by atoms with Crippen molar-refractivity contribution in [1.82, 2.24) is 15.0 Å². The van der Waals surface area contributed by atoms with Gasteiger partial charge in [0.15, 0.2) is 12.0 Å². The molecule has 0 saturated carbocycles. The zero-order valence-electron chi connectivity index (χ0n) is 13.5. The molecule has 1 aromatic heterocycles. The highest BCUT2D eigenvalue weighted by molar-refractivity contribution is 5.41. The van der Waals surface area contributed by atoms with Crippen LogP contribution in [0.5, 0.6) is 0 Å². The summed E-state index contributed by atoms with van der Waals surface area (Å²) < 4.78 is 13.9. The number of nitrogens with one attached hydrogen (secondary N) is 1. The van der Waals surface area contributed by atoms with Crippen LogP contribution in [-0.2, 0) is 6.42 Å². The minimum absolute atomic E-state index is 0.0499. The minimum atomic E-state index is -1.22. The summed E-state index contributed by atoms with van der Waals surface area (Å²) in [7, 11) is 0. The predicted octanol–water partition coefficient (Wildman–Crippen LogP) is 3.67. The Morgan fingerprint density at radius 3 is 2.96 bits per heavy atom. The molecular weight excluding hydrogens is 293 g/mol. The monoisotopic (exact) mass is 315 g/mol. The van der Waals surface area contributed by atoms with Crippen molar-refractivity contribution in [2.75, 3.05) is 11.1 Å². The molecule has 3 rings (SSSR count). The van der Waals surface area contributed by atoms with Crippen LogP contribution in [0.25, 0.3) is 0 Å². The van der Waals surface area contributed by atoms with Gasteiger partial charge in [0.2, 0.25) is 11.9 Å². The third-order valence-electron chi connectivity index (χ3n) is 4.23. The molecule has 5 nitrogen and oxygen atoms in total. The average molecular weight is 315 g/mol. The van der Waals surface area contributed by atoms with E-state index in [1.54, 1.807) is 6.92 Å². The van der Waals surface area contributed by atoms with Gasteiger partial charge in [-0.3, -0.25) is 0 Å². The number of alkyl halides is 1. The summed E-state index contributed by atoms with van der Waals surface area (Å²) in [6, 6.07) is 6.63. The smallest absolute Gasteiger partial charge is 0.228 e. The summed E-state index contributed by atoms with van der Waals surface area (Å²) in [5.74, 6) is 0.500. The molecule has 0 spiro atoms. The van der Waals surface area contributed by atoms with Gasteiger partial charge in [0, 0.05) is 0 Å². The molecule has 0 fully saturated rings. The number of benzene rings is 1. The van der Waals surface area contributed by atoms with Crippen LogP contribution in [0.4, 0.5) is 16.3 Å². The Morgan fingerprint density at radius 2 is 2.17 bits per heavy atom. The van der Waals surface area contributed by atoms with E-state index < -0.39 is 6.17 Å². The van der Waals surface area contributed by atoms with Gasteiger partial charge in [-0.2, -0.15) is 15.0 Å². The van der Waals surface area contributed by atoms with Crippen molar-refractivity contribution < 1.29 is 4.39 Å². The van der Waals surface area contributed by atoms with E-state index in [0.29, 0.717) is 12.4 Å². The van der Waals surface area contributed by atoms with Crippen molar-refractivity contribution in [3.05, 3.63) is 40.7 Å². The first-order chi connectivity index (χ1) is 11.1. The molecule has 0 bridgehead atoms. The quantitative estimate of drug-likeness (QED) is 0.900. The zero-order valence-corrected chi connectivity index (χ0v) is 13.5. The predicted molar refractivity (Wildman–Crippen MR) is 88.9 cm³/mol. The molecule has 2 atom stereocenters. The molecule has 2 aromatic rings. The number of nitrogens with two attached hydrogens (primary N) is 1. The van der Waals surface area contributed by atoms with Crippen molar-refractivity contribution in [2.45, 2.75) is 51.7 Å². The molecule has 1 aromatic carbocycles. The largest absolute Gasteiger partial charge is 0.368 e. The van der Waals surface area contributed by atoms with Crippen LogP contribution in [0.2, 0.25) is 0 Å². The van der Waals surface area contributed by atoms with Gasteiger partial charge >= 0.3 is 0 Å². The summed E-state index contributed by atoms with van der Waals surface area (Å²) in [6.07, 6.45) is 2.27. The number of aryl methyl sites for hydroxylation is 2. The second-order valence-corrected chi connectivity index (χ2v) is 6.04. The van der Waals surface area contributed by atoms with Gasteiger partial charge in [-0.1, -0.05) is 30.7 Å². The lowest BCUT2D eigenvalue weighted by molar-refractivity contribution is 0.318. The van der Waals surface area contributed by atoms with Crippen molar-refractivity contribution in [1.29, 1.82) is 0 Å². The van der Waals surface area contributed by atoms with Gasteiger partial charge in [0.1, 0.15) is 0 Å². The maximum absolute atomic E-state index is 13.9. The van der Waals surface area contributed by atoms with Crippen LogP contribution in [0.3, 0.4) is 0 Å². The Morgan fingerprint density at radius 1 is 1.35 bits per heavy atom. The normalized spacial score (nSPS) is 18.3. The van der Waals surface area contributed by atoms with Crippen LogP contribution in [0.1, 0.15) is 60.9 Å². The SMILES string of the molecule is CCC(F)c1nc(N)nc(N[C@@H]2CCCc3ccc(C)cc32)n1. The molecule has 1 heterocycles. The molecule has 0 amide bonds. The number of hydrogen-bond donors (Lipinski definition) is 2. The molecule has 0 saturated heterocycles. The average Bonchev–Trinajstić information content (AvgIpc) is 2.54. The molecule has 122 valence electrons. The number of nitrogens with zero attached hydrogens (tertiary/aromatic N) is 3. The molecular formula is C17H22FN5. The molecule has 3 N–H and O–H groups in total. The van der Waals surface area contributed by atoms with Gasteiger partial charge in [-0.25, -0.2) is 4.39 Å². The van der Waals surface area contributed by atoms with Crippen LogP contribution in [0.15, 0.2) is 18.2 Å². The maximum Gasteiger partial charge on any atom is 0.228 e.